The van der Waals surface area contributed by atoms with E-state index in [1.165, 1.54) is 44.9 Å². The Labute approximate surface area is 175 Å². The third kappa shape index (κ3) is 18.3. The monoisotopic (exact) mass is 393 g/mol. The van der Waals surface area contributed by atoms with E-state index < -0.39 is 0 Å². The molecule has 0 aromatic heterocycles. The maximum absolute atomic E-state index is 11.9. The van der Waals surface area contributed by atoms with Crippen molar-refractivity contribution in [3.63, 3.8) is 0 Å². The molecule has 0 aliphatic heterocycles. The Kier molecular flexibility index (Phi) is 19.8. The van der Waals surface area contributed by atoms with Crippen molar-refractivity contribution in [3.05, 3.63) is 12.2 Å². The first kappa shape index (κ1) is 26.9. The van der Waals surface area contributed by atoms with Crippen LogP contribution in [0.1, 0.15) is 124 Å². The first-order valence-electron chi connectivity index (χ1n) is 12.0. The van der Waals surface area contributed by atoms with Crippen LogP contribution in [0.4, 0.5) is 0 Å². The van der Waals surface area contributed by atoms with Gasteiger partial charge in [0.2, 0.25) is 5.91 Å². The van der Waals surface area contributed by atoms with Crippen LogP contribution in [-0.4, -0.2) is 18.2 Å². The Bertz CT molecular complexity index is 403. The summed E-state index contributed by atoms with van der Waals surface area (Å²) in [4.78, 5) is 23.7. The van der Waals surface area contributed by atoms with Crippen molar-refractivity contribution in [2.45, 2.75) is 124 Å². The number of ketones is 1. The van der Waals surface area contributed by atoms with Crippen molar-refractivity contribution in [2.24, 2.45) is 5.92 Å². The zero-order chi connectivity index (χ0) is 20.9. The molecule has 0 radical (unpaired) electrons. The van der Waals surface area contributed by atoms with E-state index in [0.717, 1.165) is 51.5 Å². The van der Waals surface area contributed by atoms with E-state index >= 15 is 0 Å². The maximum Gasteiger partial charge on any atom is 0.220 e. The molecule has 0 aliphatic rings. The SMILES string of the molecule is CCCCCCCCC=CCCCCC(CCC(=O)NCCCCC)C(C)=O. The highest BCUT2D eigenvalue weighted by Gasteiger charge is 2.15. The van der Waals surface area contributed by atoms with Gasteiger partial charge in [0.1, 0.15) is 5.78 Å². The summed E-state index contributed by atoms with van der Waals surface area (Å²) < 4.78 is 0. The summed E-state index contributed by atoms with van der Waals surface area (Å²) in [6.45, 7) is 6.85. The van der Waals surface area contributed by atoms with E-state index in [1.807, 2.05) is 0 Å². The lowest BCUT2D eigenvalue weighted by molar-refractivity contribution is -0.123. The van der Waals surface area contributed by atoms with E-state index in [4.69, 9.17) is 0 Å². The van der Waals surface area contributed by atoms with Crippen LogP contribution < -0.4 is 5.32 Å². The third-order valence-corrected chi connectivity index (χ3v) is 5.46. The van der Waals surface area contributed by atoms with Gasteiger partial charge in [0.05, 0.1) is 0 Å². The van der Waals surface area contributed by atoms with Crippen molar-refractivity contribution in [1.29, 1.82) is 0 Å². The molecule has 3 heteroatoms. The van der Waals surface area contributed by atoms with Gasteiger partial charge in [-0.25, -0.2) is 0 Å². The molecular formula is C25H47NO2. The molecule has 3 nitrogen and oxygen atoms in total. The average Bonchev–Trinajstić information content (AvgIpc) is 2.68. The molecule has 0 aromatic rings. The van der Waals surface area contributed by atoms with Crippen LogP contribution in [0.5, 0.6) is 0 Å². The van der Waals surface area contributed by atoms with Gasteiger partial charge < -0.3 is 5.32 Å². The lowest BCUT2D eigenvalue weighted by Gasteiger charge is -2.13. The van der Waals surface area contributed by atoms with Crippen LogP contribution in [0.3, 0.4) is 0 Å². The van der Waals surface area contributed by atoms with Crippen molar-refractivity contribution in [3.8, 4) is 0 Å². The first-order chi connectivity index (χ1) is 13.6. The quantitative estimate of drug-likeness (QED) is 0.176. The number of unbranched alkanes of at least 4 members (excludes halogenated alkanes) is 10. The van der Waals surface area contributed by atoms with E-state index in [9.17, 15) is 9.59 Å². The minimum Gasteiger partial charge on any atom is -0.356 e. The summed E-state index contributed by atoms with van der Waals surface area (Å²) in [5.41, 5.74) is 0. The molecule has 0 fully saturated rings. The summed E-state index contributed by atoms with van der Waals surface area (Å²) in [7, 11) is 0. The van der Waals surface area contributed by atoms with Gasteiger partial charge in [-0.1, -0.05) is 77.4 Å². The number of carbonyl (C=O) groups is 2. The molecule has 1 unspecified atom stereocenters. The Morgan fingerprint density at radius 3 is 1.96 bits per heavy atom. The lowest BCUT2D eigenvalue weighted by atomic mass is 9.92. The molecule has 0 rings (SSSR count). The fourth-order valence-corrected chi connectivity index (χ4v) is 3.48. The van der Waals surface area contributed by atoms with Crippen LogP contribution in [0.25, 0.3) is 0 Å². The number of nitrogens with one attached hydrogen (secondary N) is 1. The summed E-state index contributed by atoms with van der Waals surface area (Å²) in [5.74, 6) is 0.380. The van der Waals surface area contributed by atoms with Gasteiger partial charge in [0, 0.05) is 18.9 Å². The normalized spacial score (nSPS) is 12.4. The van der Waals surface area contributed by atoms with Crippen molar-refractivity contribution >= 4 is 11.7 Å². The highest BCUT2D eigenvalue weighted by molar-refractivity contribution is 5.80. The second kappa shape index (κ2) is 20.6. The van der Waals surface area contributed by atoms with Crippen LogP contribution in [0, 0.1) is 5.92 Å². The van der Waals surface area contributed by atoms with Gasteiger partial charge >= 0.3 is 0 Å². The fraction of sp³-hybridized carbons (Fsp3) is 0.840. The standard InChI is InChI=1S/C25H47NO2/c1-4-6-8-9-10-11-12-13-14-15-16-17-19-24(23(3)27)20-21-25(28)26-22-18-7-5-2/h13-14,24H,4-12,15-22H2,1-3H3,(H,26,28). The van der Waals surface area contributed by atoms with E-state index in [1.54, 1.807) is 6.92 Å². The van der Waals surface area contributed by atoms with E-state index in [-0.39, 0.29) is 17.6 Å². The zero-order valence-electron chi connectivity index (χ0n) is 19.1. The highest BCUT2D eigenvalue weighted by Crippen LogP contribution is 2.17. The third-order valence-electron chi connectivity index (χ3n) is 5.46. The van der Waals surface area contributed by atoms with Crippen LogP contribution in [-0.2, 0) is 9.59 Å². The summed E-state index contributed by atoms with van der Waals surface area (Å²) >= 11 is 0. The topological polar surface area (TPSA) is 46.2 Å². The molecule has 0 spiro atoms. The molecule has 28 heavy (non-hydrogen) atoms. The molecule has 164 valence electrons. The van der Waals surface area contributed by atoms with Gasteiger partial charge in [-0.05, 0) is 51.9 Å². The number of amides is 1. The minimum atomic E-state index is 0.0495. The predicted molar refractivity (Wildman–Crippen MR) is 122 cm³/mol. The number of rotatable bonds is 20. The number of hydrogen-bond acceptors (Lipinski definition) is 2. The summed E-state index contributed by atoms with van der Waals surface area (Å²) in [5, 5.41) is 2.97. The van der Waals surface area contributed by atoms with Gasteiger partial charge in [-0.2, -0.15) is 0 Å². The molecule has 0 saturated heterocycles. The van der Waals surface area contributed by atoms with Crippen LogP contribution in [0.2, 0.25) is 0 Å². The molecular weight excluding hydrogens is 346 g/mol. The number of Topliss-reactive ketones (excluding diaryl/α,β-unsaturated/α-hetero) is 1. The molecule has 1 atom stereocenters. The summed E-state index contributed by atoms with van der Waals surface area (Å²) in [6, 6.07) is 0. The molecule has 0 aromatic carbocycles. The molecule has 1 amide bonds. The number of allylic oxidation sites excluding steroid dienone is 2. The molecule has 0 heterocycles. The minimum absolute atomic E-state index is 0.0495. The molecule has 1 N–H and O–H groups in total. The molecule has 0 bridgehead atoms. The van der Waals surface area contributed by atoms with Crippen LogP contribution >= 0.6 is 0 Å². The first-order valence-corrected chi connectivity index (χ1v) is 12.0. The van der Waals surface area contributed by atoms with Gasteiger partial charge in [-0.15, -0.1) is 0 Å². The second-order valence-corrected chi connectivity index (χ2v) is 8.22. The largest absolute Gasteiger partial charge is 0.356 e. The van der Waals surface area contributed by atoms with Crippen molar-refractivity contribution in [1.82, 2.24) is 5.32 Å². The van der Waals surface area contributed by atoms with Gasteiger partial charge in [-0.3, -0.25) is 9.59 Å². The Hall–Kier alpha value is -1.12. The Morgan fingerprint density at radius 2 is 1.32 bits per heavy atom. The van der Waals surface area contributed by atoms with E-state index in [2.05, 4.69) is 31.3 Å². The fourth-order valence-electron chi connectivity index (χ4n) is 3.48. The molecule has 0 saturated carbocycles. The highest BCUT2D eigenvalue weighted by atomic mass is 16.1. The van der Waals surface area contributed by atoms with Crippen LogP contribution in [0.15, 0.2) is 12.2 Å². The number of hydrogen-bond donors (Lipinski definition) is 1. The number of carbonyl (C=O) groups excluding carboxylic acids is 2. The predicted octanol–water partition coefficient (Wildman–Crippen LogP) is 7.15. The zero-order valence-corrected chi connectivity index (χ0v) is 19.1. The lowest BCUT2D eigenvalue weighted by Crippen LogP contribution is -2.25. The smallest absolute Gasteiger partial charge is 0.220 e. The molecule has 0 aliphatic carbocycles. The maximum atomic E-state index is 11.9. The van der Waals surface area contributed by atoms with Crippen molar-refractivity contribution < 1.29 is 9.59 Å². The Balaban J connectivity index is 3.69. The average molecular weight is 394 g/mol. The van der Waals surface area contributed by atoms with Crippen molar-refractivity contribution in [2.75, 3.05) is 6.54 Å². The van der Waals surface area contributed by atoms with E-state index in [0.29, 0.717) is 12.8 Å². The Morgan fingerprint density at radius 1 is 0.750 bits per heavy atom. The van der Waals surface area contributed by atoms with Gasteiger partial charge in [0.25, 0.3) is 0 Å². The summed E-state index contributed by atoms with van der Waals surface area (Å²) in [6.07, 6.45) is 22.7. The van der Waals surface area contributed by atoms with Gasteiger partial charge in [0.15, 0.2) is 0 Å². The second-order valence-electron chi connectivity index (χ2n) is 8.22.